The van der Waals surface area contributed by atoms with Crippen LogP contribution in [-0.2, 0) is 32.3 Å². The fourth-order valence-electron chi connectivity index (χ4n) is 2.91. The highest BCUT2D eigenvalue weighted by molar-refractivity contribution is 5.88. The molecular formula is C24H30N4O6. The van der Waals surface area contributed by atoms with Gasteiger partial charge in [-0.15, -0.1) is 0 Å². The number of unbranched alkanes of at least 4 members (excludes halogenated alkanes) is 1. The fourth-order valence-corrected chi connectivity index (χ4v) is 2.91. The molecule has 0 saturated carbocycles. The normalized spacial score (nSPS) is 11.1. The molecule has 0 aliphatic carbocycles. The van der Waals surface area contributed by atoms with Gasteiger partial charge < -0.3 is 31.2 Å². The molecule has 0 aliphatic rings. The van der Waals surface area contributed by atoms with Crippen molar-refractivity contribution in [3.05, 3.63) is 71.8 Å². The number of primary amides is 1. The average Bonchev–Trinajstić information content (AvgIpc) is 2.85. The van der Waals surface area contributed by atoms with E-state index in [1.165, 1.54) is 0 Å². The molecule has 0 heterocycles. The van der Waals surface area contributed by atoms with Gasteiger partial charge in [0, 0.05) is 6.54 Å². The number of nitrogens with one attached hydrogen (secondary N) is 3. The molecule has 0 unspecified atom stereocenters. The summed E-state index contributed by atoms with van der Waals surface area (Å²) in [5, 5.41) is 7.53. The lowest BCUT2D eigenvalue weighted by atomic mass is 10.1. The zero-order chi connectivity index (χ0) is 24.6. The van der Waals surface area contributed by atoms with Crippen LogP contribution in [0.5, 0.6) is 0 Å². The molecule has 2 aromatic carbocycles. The quantitative estimate of drug-likeness (QED) is 0.329. The Hall–Kier alpha value is -4.08. The zero-order valence-corrected chi connectivity index (χ0v) is 18.8. The summed E-state index contributed by atoms with van der Waals surface area (Å²) < 4.78 is 10.3. The van der Waals surface area contributed by atoms with Crippen LogP contribution in [0, 0.1) is 0 Å². The lowest BCUT2D eigenvalue weighted by molar-refractivity contribution is -0.126. The van der Waals surface area contributed by atoms with Crippen LogP contribution in [0.3, 0.4) is 0 Å². The molecule has 2 aromatic rings. The van der Waals surface area contributed by atoms with E-state index < -0.39 is 30.0 Å². The second-order valence-corrected chi connectivity index (χ2v) is 7.43. The number of nitrogens with two attached hydrogens (primary N) is 1. The number of alkyl carbamates (subject to hydrolysis) is 2. The molecule has 10 nitrogen and oxygen atoms in total. The SMILES string of the molecule is NC(=O)CNC(=O)[C@H](CCCCNC(=O)OCc1ccccc1)NC(=O)OCc1ccccc1. The van der Waals surface area contributed by atoms with E-state index in [1.54, 1.807) is 0 Å². The molecule has 1 atom stereocenters. The molecule has 0 radical (unpaired) electrons. The van der Waals surface area contributed by atoms with Gasteiger partial charge in [0.2, 0.25) is 11.8 Å². The Morgan fingerprint density at radius 2 is 1.32 bits per heavy atom. The van der Waals surface area contributed by atoms with E-state index in [9.17, 15) is 19.2 Å². The second-order valence-electron chi connectivity index (χ2n) is 7.43. The monoisotopic (exact) mass is 470 g/mol. The van der Waals surface area contributed by atoms with E-state index in [2.05, 4.69) is 16.0 Å². The molecule has 0 saturated heterocycles. The fraction of sp³-hybridized carbons (Fsp3) is 0.333. The highest BCUT2D eigenvalue weighted by atomic mass is 16.6. The van der Waals surface area contributed by atoms with Crippen molar-refractivity contribution in [2.24, 2.45) is 5.73 Å². The standard InChI is InChI=1S/C24H30N4O6/c25-21(29)15-27-22(30)20(28-24(32)34-17-19-11-5-2-6-12-19)13-7-8-14-26-23(31)33-16-18-9-3-1-4-10-18/h1-6,9-12,20H,7-8,13-17H2,(H2,25,29)(H,26,31)(H,27,30)(H,28,32)/t20-/m0/s1. The van der Waals surface area contributed by atoms with Crippen molar-refractivity contribution in [2.75, 3.05) is 13.1 Å². The van der Waals surface area contributed by atoms with Crippen molar-refractivity contribution < 1.29 is 28.7 Å². The van der Waals surface area contributed by atoms with E-state index in [-0.39, 0.29) is 26.2 Å². The van der Waals surface area contributed by atoms with Crippen molar-refractivity contribution in [1.82, 2.24) is 16.0 Å². The molecule has 0 fully saturated rings. The van der Waals surface area contributed by atoms with Gasteiger partial charge in [0.1, 0.15) is 19.3 Å². The van der Waals surface area contributed by atoms with Crippen LogP contribution in [0.25, 0.3) is 0 Å². The average molecular weight is 471 g/mol. The van der Waals surface area contributed by atoms with E-state index >= 15 is 0 Å². The largest absolute Gasteiger partial charge is 0.445 e. The number of carbonyl (C=O) groups is 4. The third kappa shape index (κ3) is 11.0. The summed E-state index contributed by atoms with van der Waals surface area (Å²) >= 11 is 0. The van der Waals surface area contributed by atoms with Crippen LogP contribution in [0.4, 0.5) is 9.59 Å². The first kappa shape index (κ1) is 26.2. The van der Waals surface area contributed by atoms with Crippen molar-refractivity contribution in [2.45, 2.75) is 38.5 Å². The Morgan fingerprint density at radius 3 is 1.88 bits per heavy atom. The summed E-state index contributed by atoms with van der Waals surface area (Å²) in [5.74, 6) is -1.25. The van der Waals surface area contributed by atoms with Crippen LogP contribution in [0.2, 0.25) is 0 Å². The van der Waals surface area contributed by atoms with E-state index in [4.69, 9.17) is 15.2 Å². The van der Waals surface area contributed by atoms with Gasteiger partial charge in [-0.25, -0.2) is 9.59 Å². The maximum Gasteiger partial charge on any atom is 0.408 e. The Bertz CT molecular complexity index is 924. The van der Waals surface area contributed by atoms with E-state index in [0.717, 1.165) is 11.1 Å². The summed E-state index contributed by atoms with van der Waals surface area (Å²) in [6, 6.07) is 17.5. The maximum atomic E-state index is 12.4. The molecule has 10 heteroatoms. The van der Waals surface area contributed by atoms with Crippen molar-refractivity contribution in [3.63, 3.8) is 0 Å². The Balaban J connectivity index is 1.72. The number of amides is 4. The lowest BCUT2D eigenvalue weighted by Crippen LogP contribution is -2.48. The van der Waals surface area contributed by atoms with Crippen LogP contribution in [0.15, 0.2) is 60.7 Å². The first-order valence-corrected chi connectivity index (χ1v) is 10.9. The van der Waals surface area contributed by atoms with Gasteiger partial charge in [-0.1, -0.05) is 60.7 Å². The number of benzene rings is 2. The predicted molar refractivity (Wildman–Crippen MR) is 124 cm³/mol. The molecule has 5 N–H and O–H groups in total. The van der Waals surface area contributed by atoms with E-state index in [1.807, 2.05) is 60.7 Å². The minimum absolute atomic E-state index is 0.0529. The molecule has 182 valence electrons. The van der Waals surface area contributed by atoms with Crippen molar-refractivity contribution in [3.8, 4) is 0 Å². The summed E-state index contributed by atoms with van der Waals surface area (Å²) in [6.45, 7) is 0.216. The molecular weight excluding hydrogens is 440 g/mol. The summed E-state index contributed by atoms with van der Waals surface area (Å²) in [5.41, 5.74) is 6.75. The number of hydrogen-bond donors (Lipinski definition) is 4. The minimum atomic E-state index is -0.923. The third-order valence-electron chi connectivity index (χ3n) is 4.66. The minimum Gasteiger partial charge on any atom is -0.445 e. The predicted octanol–water partition coefficient (Wildman–Crippen LogP) is 1.98. The first-order valence-electron chi connectivity index (χ1n) is 10.9. The van der Waals surface area contributed by atoms with Crippen molar-refractivity contribution in [1.29, 1.82) is 0 Å². The molecule has 0 bridgehead atoms. The Labute approximate surface area is 198 Å². The van der Waals surface area contributed by atoms with Crippen LogP contribution >= 0.6 is 0 Å². The summed E-state index contributed by atoms with van der Waals surface area (Å²) in [7, 11) is 0. The van der Waals surface area contributed by atoms with Gasteiger partial charge in [-0.05, 0) is 30.4 Å². The van der Waals surface area contributed by atoms with Gasteiger partial charge in [0.25, 0.3) is 0 Å². The summed E-state index contributed by atoms with van der Waals surface area (Å²) in [6.07, 6.45) is 0.0204. The van der Waals surface area contributed by atoms with Gasteiger partial charge in [-0.2, -0.15) is 0 Å². The van der Waals surface area contributed by atoms with E-state index in [0.29, 0.717) is 19.4 Å². The number of carbonyl (C=O) groups excluding carboxylic acids is 4. The maximum absolute atomic E-state index is 12.4. The third-order valence-corrected chi connectivity index (χ3v) is 4.66. The number of ether oxygens (including phenoxy) is 2. The van der Waals surface area contributed by atoms with Crippen LogP contribution in [-0.4, -0.2) is 43.1 Å². The van der Waals surface area contributed by atoms with Gasteiger partial charge >= 0.3 is 12.2 Å². The smallest absolute Gasteiger partial charge is 0.408 e. The molecule has 34 heavy (non-hydrogen) atoms. The lowest BCUT2D eigenvalue weighted by Gasteiger charge is -2.18. The number of rotatable bonds is 13. The Morgan fingerprint density at radius 1 is 0.765 bits per heavy atom. The molecule has 4 amide bonds. The number of hydrogen-bond acceptors (Lipinski definition) is 6. The highest BCUT2D eigenvalue weighted by Crippen LogP contribution is 2.05. The Kier molecular flexibility index (Phi) is 11.5. The summed E-state index contributed by atoms with van der Waals surface area (Å²) in [4.78, 5) is 47.3. The molecule has 0 aliphatic heterocycles. The van der Waals surface area contributed by atoms with Gasteiger partial charge in [-0.3, -0.25) is 9.59 Å². The van der Waals surface area contributed by atoms with Crippen LogP contribution < -0.4 is 21.7 Å². The molecule has 2 rings (SSSR count). The topological polar surface area (TPSA) is 149 Å². The highest BCUT2D eigenvalue weighted by Gasteiger charge is 2.21. The van der Waals surface area contributed by atoms with Crippen LogP contribution in [0.1, 0.15) is 30.4 Å². The van der Waals surface area contributed by atoms with Crippen molar-refractivity contribution >= 4 is 24.0 Å². The van der Waals surface area contributed by atoms with Gasteiger partial charge in [0.15, 0.2) is 0 Å². The zero-order valence-electron chi connectivity index (χ0n) is 18.8. The van der Waals surface area contributed by atoms with Gasteiger partial charge in [0.05, 0.1) is 6.54 Å². The first-order chi connectivity index (χ1) is 16.4. The molecule has 0 aromatic heterocycles. The second kappa shape index (κ2) is 14.9. The molecule has 0 spiro atoms.